The summed E-state index contributed by atoms with van der Waals surface area (Å²) in [6.45, 7) is 7.33. The van der Waals surface area contributed by atoms with Crippen LogP contribution >= 0.6 is 0 Å². The van der Waals surface area contributed by atoms with E-state index in [0.29, 0.717) is 11.1 Å². The van der Waals surface area contributed by atoms with Crippen molar-refractivity contribution >= 4 is 18.6 Å². The molecule has 0 N–H and O–H groups in total. The van der Waals surface area contributed by atoms with E-state index in [1.807, 2.05) is 39.8 Å². The van der Waals surface area contributed by atoms with E-state index in [1.54, 1.807) is 12.1 Å². The van der Waals surface area contributed by atoms with Crippen LogP contribution in [0.1, 0.15) is 46.1 Å². The number of benzene rings is 2. The van der Waals surface area contributed by atoms with Gasteiger partial charge in [-0.25, -0.2) is 8.78 Å². The fourth-order valence-corrected chi connectivity index (χ4v) is 3.85. The van der Waals surface area contributed by atoms with Crippen LogP contribution in [-0.2, 0) is 24.3 Å². The van der Waals surface area contributed by atoms with E-state index in [9.17, 15) is 13.6 Å². The van der Waals surface area contributed by atoms with Crippen molar-refractivity contribution in [3.63, 3.8) is 0 Å². The molecule has 2 aromatic carbocycles. The van der Waals surface area contributed by atoms with E-state index >= 15 is 0 Å². The van der Waals surface area contributed by atoms with Crippen molar-refractivity contribution in [2.75, 3.05) is 7.11 Å². The second kappa shape index (κ2) is 6.89. The summed E-state index contributed by atoms with van der Waals surface area (Å²) < 4.78 is 46.4. The number of esters is 1. The lowest BCUT2D eigenvalue weighted by Gasteiger charge is -2.32. The topological polar surface area (TPSA) is 44.8 Å². The van der Waals surface area contributed by atoms with Gasteiger partial charge in [0.15, 0.2) is 0 Å². The van der Waals surface area contributed by atoms with Crippen molar-refractivity contribution < 1.29 is 27.6 Å². The molecule has 0 bridgehead atoms. The Hall–Kier alpha value is -2.25. The molecule has 1 aliphatic carbocycles. The van der Waals surface area contributed by atoms with Crippen molar-refractivity contribution in [1.29, 1.82) is 0 Å². The van der Waals surface area contributed by atoms with Gasteiger partial charge in [-0.05, 0) is 69.4 Å². The quantitative estimate of drug-likeness (QED) is 0.558. The van der Waals surface area contributed by atoms with E-state index in [0.717, 1.165) is 18.4 Å². The first-order chi connectivity index (χ1) is 14.0. The molecule has 4 nitrogen and oxygen atoms in total. The average molecular weight is 414 g/mol. The number of carbonyl (C=O) groups excluding carboxylic acids is 1. The number of carbonyl (C=O) groups is 1. The highest BCUT2D eigenvalue weighted by Crippen LogP contribution is 2.49. The Morgan fingerprint density at radius 2 is 1.43 bits per heavy atom. The molecule has 1 saturated heterocycles. The van der Waals surface area contributed by atoms with Gasteiger partial charge < -0.3 is 14.0 Å². The molecule has 2 fully saturated rings. The third kappa shape index (κ3) is 3.24. The zero-order chi connectivity index (χ0) is 21.9. The van der Waals surface area contributed by atoms with Crippen LogP contribution in [0.4, 0.5) is 8.78 Å². The number of hydrogen-bond acceptors (Lipinski definition) is 4. The monoisotopic (exact) mass is 414 g/mol. The minimum Gasteiger partial charge on any atom is -0.468 e. The van der Waals surface area contributed by atoms with Crippen LogP contribution in [0, 0.1) is 11.6 Å². The average Bonchev–Trinajstić information content (AvgIpc) is 3.44. The lowest BCUT2D eigenvalue weighted by Crippen LogP contribution is -2.41. The van der Waals surface area contributed by atoms with Crippen molar-refractivity contribution in [3.05, 3.63) is 53.6 Å². The van der Waals surface area contributed by atoms with Gasteiger partial charge in [0, 0.05) is 0 Å². The maximum atomic E-state index is 14.9. The molecule has 0 spiro atoms. The molecule has 0 amide bonds. The number of halogens is 2. The summed E-state index contributed by atoms with van der Waals surface area (Å²) in [7, 11) is 0.269. The van der Waals surface area contributed by atoms with Crippen LogP contribution in [0.2, 0.25) is 0 Å². The van der Waals surface area contributed by atoms with Crippen LogP contribution in [0.25, 0.3) is 11.1 Å². The molecule has 2 aliphatic rings. The van der Waals surface area contributed by atoms with Gasteiger partial charge in [0.05, 0.1) is 29.2 Å². The molecule has 2 aromatic rings. The van der Waals surface area contributed by atoms with E-state index in [2.05, 4.69) is 0 Å². The number of rotatable bonds is 4. The zero-order valence-corrected chi connectivity index (χ0v) is 17.8. The predicted octanol–water partition coefficient (Wildman–Crippen LogP) is 4.14. The van der Waals surface area contributed by atoms with Crippen molar-refractivity contribution in [1.82, 2.24) is 0 Å². The first-order valence-corrected chi connectivity index (χ1v) is 10.0. The van der Waals surface area contributed by atoms with Gasteiger partial charge in [-0.3, -0.25) is 4.79 Å². The minimum atomic E-state index is -1.11. The molecule has 4 rings (SSSR count). The fourth-order valence-electron chi connectivity index (χ4n) is 3.85. The number of hydrogen-bond donors (Lipinski definition) is 0. The number of methoxy groups -OCH3 is 1. The Labute approximate surface area is 175 Å². The van der Waals surface area contributed by atoms with Gasteiger partial charge in [-0.1, -0.05) is 24.3 Å². The molecule has 30 heavy (non-hydrogen) atoms. The van der Waals surface area contributed by atoms with Gasteiger partial charge in [0.25, 0.3) is 0 Å². The smallest absolute Gasteiger partial charge is 0.468 e. The summed E-state index contributed by atoms with van der Waals surface area (Å²) >= 11 is 0. The second-order valence-corrected chi connectivity index (χ2v) is 9.09. The Morgan fingerprint density at radius 3 is 1.87 bits per heavy atom. The summed E-state index contributed by atoms with van der Waals surface area (Å²) in [5, 5.41) is 0. The van der Waals surface area contributed by atoms with Crippen molar-refractivity contribution in [3.8, 4) is 11.1 Å². The van der Waals surface area contributed by atoms with E-state index in [1.165, 1.54) is 19.2 Å². The molecule has 158 valence electrons. The zero-order valence-electron chi connectivity index (χ0n) is 17.8. The van der Waals surface area contributed by atoms with Crippen LogP contribution in [0.5, 0.6) is 0 Å². The van der Waals surface area contributed by atoms with E-state index in [4.69, 9.17) is 14.0 Å². The highest BCUT2D eigenvalue weighted by molar-refractivity contribution is 6.62. The molecule has 0 radical (unpaired) electrons. The van der Waals surface area contributed by atoms with Crippen LogP contribution in [0.15, 0.2) is 36.4 Å². The van der Waals surface area contributed by atoms with Gasteiger partial charge in [0.1, 0.15) is 11.6 Å². The first-order valence-electron chi connectivity index (χ1n) is 10.0. The third-order valence-electron chi connectivity index (χ3n) is 6.66. The molecule has 0 unspecified atom stereocenters. The lowest BCUT2D eigenvalue weighted by atomic mass is 9.77. The SMILES string of the molecule is COC(=O)C1(c2ccc(-c3cc(F)c(B4OC(C)(C)C(C)(C)O4)c(F)c3)cc2)CC1. The molecule has 0 aromatic heterocycles. The standard InChI is InChI=1S/C23H25BF2O4/c1-21(2)22(3,4)30-24(29-21)19-17(25)12-15(13-18(19)26)14-6-8-16(9-7-14)23(10-11-23)20(27)28-5/h6-9,12-13H,10-11H2,1-5H3. The molecule has 0 atom stereocenters. The Bertz CT molecular complexity index is 958. The second-order valence-electron chi connectivity index (χ2n) is 9.09. The largest absolute Gasteiger partial charge is 0.500 e. The normalized spacial score (nSPS) is 20.8. The summed E-state index contributed by atoms with van der Waals surface area (Å²) in [5.41, 5.74) is -0.279. The molecular weight excluding hydrogens is 389 g/mol. The minimum absolute atomic E-state index is 0.225. The Morgan fingerprint density at radius 1 is 0.933 bits per heavy atom. The maximum Gasteiger partial charge on any atom is 0.500 e. The Kier molecular flexibility index (Phi) is 4.82. The maximum absolute atomic E-state index is 14.9. The highest BCUT2D eigenvalue weighted by atomic mass is 19.1. The molecule has 7 heteroatoms. The first kappa shape index (κ1) is 21.0. The molecular formula is C23H25BF2O4. The van der Waals surface area contributed by atoms with Crippen LogP contribution < -0.4 is 5.46 Å². The van der Waals surface area contributed by atoms with Gasteiger partial charge in [-0.2, -0.15) is 0 Å². The third-order valence-corrected chi connectivity index (χ3v) is 6.66. The predicted molar refractivity (Wildman–Crippen MR) is 110 cm³/mol. The van der Waals surface area contributed by atoms with E-state index in [-0.39, 0.29) is 11.4 Å². The molecule has 1 aliphatic heterocycles. The molecule has 1 heterocycles. The highest BCUT2D eigenvalue weighted by Gasteiger charge is 2.54. The Balaban J connectivity index is 1.62. The summed E-state index contributed by atoms with van der Waals surface area (Å²) in [4.78, 5) is 12.1. The lowest BCUT2D eigenvalue weighted by molar-refractivity contribution is -0.143. The summed E-state index contributed by atoms with van der Waals surface area (Å²) in [6.07, 6.45) is 1.48. The van der Waals surface area contributed by atoms with Gasteiger partial charge in [-0.15, -0.1) is 0 Å². The van der Waals surface area contributed by atoms with Crippen LogP contribution in [-0.4, -0.2) is 31.4 Å². The summed E-state index contributed by atoms with van der Waals surface area (Å²) in [6, 6.07) is 9.73. The summed E-state index contributed by atoms with van der Waals surface area (Å²) in [5.74, 6) is -1.69. The van der Waals surface area contributed by atoms with E-state index < -0.39 is 35.4 Å². The van der Waals surface area contributed by atoms with Gasteiger partial charge in [0.2, 0.25) is 0 Å². The number of ether oxygens (including phenoxy) is 1. The van der Waals surface area contributed by atoms with Crippen molar-refractivity contribution in [2.24, 2.45) is 0 Å². The fraction of sp³-hybridized carbons (Fsp3) is 0.435. The molecule has 1 saturated carbocycles. The van der Waals surface area contributed by atoms with Gasteiger partial charge >= 0.3 is 13.1 Å². The van der Waals surface area contributed by atoms with Crippen LogP contribution in [0.3, 0.4) is 0 Å². The van der Waals surface area contributed by atoms with Crippen molar-refractivity contribution in [2.45, 2.75) is 57.2 Å².